The molecule has 0 saturated carbocycles. The number of aromatic nitrogens is 3. The maximum absolute atomic E-state index is 12.5. The summed E-state index contributed by atoms with van der Waals surface area (Å²) in [6, 6.07) is 11.8. The first-order valence-corrected chi connectivity index (χ1v) is 12.3. The first kappa shape index (κ1) is 27.0. The second-order valence-electron chi connectivity index (χ2n) is 7.51. The summed E-state index contributed by atoms with van der Waals surface area (Å²) < 4.78 is 11.8. The fraction of sp³-hybridized carbons (Fsp3) is 0.292. The van der Waals surface area contributed by atoms with Crippen LogP contribution in [0.25, 0.3) is 0 Å². The van der Waals surface area contributed by atoms with Gasteiger partial charge in [-0.2, -0.15) is 0 Å². The van der Waals surface area contributed by atoms with Gasteiger partial charge in [0.25, 0.3) is 0 Å². The molecule has 1 heterocycles. The number of hydrogen-bond donors (Lipinski definition) is 2. The van der Waals surface area contributed by atoms with Crippen LogP contribution in [-0.2, 0) is 34.3 Å². The maximum atomic E-state index is 12.5. The van der Waals surface area contributed by atoms with Crippen LogP contribution in [0.15, 0.2) is 47.6 Å². The normalized spacial score (nSPS) is 10.6. The summed E-state index contributed by atoms with van der Waals surface area (Å²) in [4.78, 5) is 36.7. The highest BCUT2D eigenvalue weighted by molar-refractivity contribution is 7.99. The number of hydrogen-bond acceptors (Lipinski definition) is 8. The maximum Gasteiger partial charge on any atom is 0.338 e. The second-order valence-corrected chi connectivity index (χ2v) is 8.86. The Morgan fingerprint density at radius 3 is 2.53 bits per heavy atom. The molecule has 0 fully saturated rings. The molecule has 3 rings (SSSR count). The Labute approximate surface area is 217 Å². The lowest BCUT2D eigenvalue weighted by Crippen LogP contribution is -2.26. The zero-order valence-electron chi connectivity index (χ0n) is 20.0. The van der Waals surface area contributed by atoms with Gasteiger partial charge in [0.1, 0.15) is 5.75 Å². The number of methoxy groups -OCH3 is 1. The summed E-state index contributed by atoms with van der Waals surface area (Å²) in [5.74, 6) is 0.326. The van der Waals surface area contributed by atoms with Gasteiger partial charge in [-0.1, -0.05) is 35.5 Å². The van der Waals surface area contributed by atoms with Crippen LogP contribution in [0.2, 0.25) is 5.02 Å². The average Bonchev–Trinajstić information content (AvgIpc) is 3.22. The minimum atomic E-state index is -0.498. The van der Waals surface area contributed by atoms with Crippen LogP contribution in [0.1, 0.15) is 28.7 Å². The molecule has 0 aliphatic carbocycles. The van der Waals surface area contributed by atoms with E-state index < -0.39 is 5.97 Å². The van der Waals surface area contributed by atoms with Crippen LogP contribution in [0.5, 0.6) is 5.75 Å². The lowest BCUT2D eigenvalue weighted by Gasteiger charge is -2.09. The van der Waals surface area contributed by atoms with Gasteiger partial charge in [-0.15, -0.1) is 10.2 Å². The fourth-order valence-electron chi connectivity index (χ4n) is 3.07. The van der Waals surface area contributed by atoms with Gasteiger partial charge in [-0.25, -0.2) is 4.79 Å². The van der Waals surface area contributed by atoms with Gasteiger partial charge >= 0.3 is 5.97 Å². The highest BCUT2D eigenvalue weighted by Gasteiger charge is 2.15. The van der Waals surface area contributed by atoms with Gasteiger partial charge < -0.3 is 24.7 Å². The Balaban J connectivity index is 1.50. The molecule has 0 aliphatic heterocycles. The Morgan fingerprint density at radius 2 is 1.83 bits per heavy atom. The topological polar surface area (TPSA) is 124 Å². The van der Waals surface area contributed by atoms with Crippen molar-refractivity contribution in [2.75, 3.05) is 24.8 Å². The van der Waals surface area contributed by atoms with E-state index in [2.05, 4.69) is 20.8 Å². The summed E-state index contributed by atoms with van der Waals surface area (Å²) in [7, 11) is 3.34. The van der Waals surface area contributed by atoms with Crippen molar-refractivity contribution in [3.8, 4) is 5.75 Å². The Hall–Kier alpha value is -3.57. The molecule has 2 aromatic carbocycles. The minimum absolute atomic E-state index is 0.0375. The number of carbonyl (C=O) groups excluding carboxylic acids is 3. The molecule has 0 spiro atoms. The lowest BCUT2D eigenvalue weighted by atomic mass is 10.1. The van der Waals surface area contributed by atoms with Crippen molar-refractivity contribution in [2.24, 2.45) is 7.05 Å². The molecule has 2 amide bonds. The Kier molecular flexibility index (Phi) is 9.71. The number of rotatable bonds is 11. The third-order valence-electron chi connectivity index (χ3n) is 4.98. The Bertz CT molecular complexity index is 1230. The van der Waals surface area contributed by atoms with Crippen molar-refractivity contribution >= 4 is 46.8 Å². The third kappa shape index (κ3) is 7.46. The number of halogens is 1. The van der Waals surface area contributed by atoms with Gasteiger partial charge in [0, 0.05) is 7.05 Å². The van der Waals surface area contributed by atoms with Crippen molar-refractivity contribution < 1.29 is 23.9 Å². The van der Waals surface area contributed by atoms with Gasteiger partial charge in [0.05, 0.1) is 48.7 Å². The molecule has 190 valence electrons. The van der Waals surface area contributed by atoms with E-state index in [0.29, 0.717) is 21.7 Å². The number of thioether (sulfide) groups is 1. The molecule has 0 saturated heterocycles. The van der Waals surface area contributed by atoms with Crippen molar-refractivity contribution in [1.82, 2.24) is 20.1 Å². The predicted molar refractivity (Wildman–Crippen MR) is 136 cm³/mol. The van der Waals surface area contributed by atoms with E-state index in [1.807, 2.05) is 12.1 Å². The largest absolute Gasteiger partial charge is 0.497 e. The van der Waals surface area contributed by atoms with E-state index >= 15 is 0 Å². The highest BCUT2D eigenvalue weighted by atomic mass is 35.5. The molecule has 0 bridgehead atoms. The molecule has 10 nitrogen and oxygen atoms in total. The smallest absolute Gasteiger partial charge is 0.338 e. The molecule has 1 aromatic heterocycles. The van der Waals surface area contributed by atoms with E-state index in [1.165, 1.54) is 30.0 Å². The molecule has 0 radical (unpaired) electrons. The number of amides is 2. The van der Waals surface area contributed by atoms with E-state index in [9.17, 15) is 14.4 Å². The van der Waals surface area contributed by atoms with Gasteiger partial charge in [-0.05, 0) is 42.8 Å². The SMILES string of the molecule is CCOC(=O)c1ccc(Cl)c(NC(=O)CSc2nnc(CNC(=O)Cc3ccc(OC)cc3)n2C)c1. The first-order valence-electron chi connectivity index (χ1n) is 11.0. The molecule has 2 N–H and O–H groups in total. The average molecular weight is 532 g/mol. The minimum Gasteiger partial charge on any atom is -0.497 e. The van der Waals surface area contributed by atoms with Crippen LogP contribution >= 0.6 is 23.4 Å². The fourth-order valence-corrected chi connectivity index (χ4v) is 3.97. The Morgan fingerprint density at radius 1 is 1.08 bits per heavy atom. The number of anilines is 1. The summed E-state index contributed by atoms with van der Waals surface area (Å²) >= 11 is 7.33. The molecule has 36 heavy (non-hydrogen) atoms. The molecule has 0 aliphatic rings. The summed E-state index contributed by atoms with van der Waals surface area (Å²) in [5, 5.41) is 14.5. The monoisotopic (exact) mass is 531 g/mol. The van der Waals surface area contributed by atoms with Crippen LogP contribution in [0.4, 0.5) is 5.69 Å². The van der Waals surface area contributed by atoms with Crippen molar-refractivity contribution in [2.45, 2.75) is 25.0 Å². The van der Waals surface area contributed by atoms with E-state index in [4.69, 9.17) is 21.1 Å². The van der Waals surface area contributed by atoms with Crippen molar-refractivity contribution in [3.05, 3.63) is 64.4 Å². The molecular weight excluding hydrogens is 506 g/mol. The van der Waals surface area contributed by atoms with Crippen LogP contribution in [0.3, 0.4) is 0 Å². The number of nitrogens with one attached hydrogen (secondary N) is 2. The summed E-state index contributed by atoms with van der Waals surface area (Å²) in [6.07, 6.45) is 0.226. The molecule has 12 heteroatoms. The number of carbonyl (C=O) groups is 3. The van der Waals surface area contributed by atoms with Gasteiger partial charge in [0.2, 0.25) is 11.8 Å². The number of nitrogens with zero attached hydrogens (tertiary/aromatic N) is 3. The number of ether oxygens (including phenoxy) is 2. The van der Waals surface area contributed by atoms with Crippen molar-refractivity contribution in [1.29, 1.82) is 0 Å². The molecule has 3 aromatic rings. The van der Waals surface area contributed by atoms with E-state index in [-0.39, 0.29) is 42.7 Å². The van der Waals surface area contributed by atoms with E-state index in [0.717, 1.165) is 11.3 Å². The lowest BCUT2D eigenvalue weighted by molar-refractivity contribution is -0.120. The van der Waals surface area contributed by atoms with Crippen LogP contribution < -0.4 is 15.4 Å². The second kappa shape index (κ2) is 12.9. The van der Waals surface area contributed by atoms with Crippen molar-refractivity contribution in [3.63, 3.8) is 0 Å². The van der Waals surface area contributed by atoms with Gasteiger partial charge in [-0.3, -0.25) is 9.59 Å². The summed E-state index contributed by atoms with van der Waals surface area (Å²) in [5.41, 5.74) is 1.46. The zero-order valence-corrected chi connectivity index (χ0v) is 21.6. The first-order chi connectivity index (χ1) is 17.3. The molecule has 0 atom stereocenters. The molecular formula is C24H26ClN5O5S. The van der Waals surface area contributed by atoms with Crippen LogP contribution in [-0.4, -0.2) is 52.0 Å². The molecule has 0 unspecified atom stereocenters. The standard InChI is InChI=1S/C24H26ClN5O5S/c1-4-35-23(33)16-7-10-18(25)19(12-16)27-22(32)14-36-24-29-28-20(30(24)2)13-26-21(31)11-15-5-8-17(34-3)9-6-15/h5-10,12H,4,11,13-14H2,1-3H3,(H,26,31)(H,27,32). The highest BCUT2D eigenvalue weighted by Crippen LogP contribution is 2.24. The quantitative estimate of drug-likeness (QED) is 0.285. The summed E-state index contributed by atoms with van der Waals surface area (Å²) in [6.45, 7) is 2.15. The third-order valence-corrected chi connectivity index (χ3v) is 6.33. The van der Waals surface area contributed by atoms with Crippen LogP contribution in [0, 0.1) is 0 Å². The van der Waals surface area contributed by atoms with E-state index in [1.54, 1.807) is 37.8 Å². The number of esters is 1. The van der Waals surface area contributed by atoms with Gasteiger partial charge in [0.15, 0.2) is 11.0 Å². The zero-order chi connectivity index (χ0) is 26.1. The predicted octanol–water partition coefficient (Wildman–Crippen LogP) is 3.24. The number of benzene rings is 2.